The van der Waals surface area contributed by atoms with Gasteiger partial charge in [0.25, 0.3) is 0 Å². The molecule has 0 spiro atoms. The van der Waals surface area contributed by atoms with E-state index in [0.717, 1.165) is 30.8 Å². The summed E-state index contributed by atoms with van der Waals surface area (Å²) < 4.78 is 1.99. The molecule has 0 saturated heterocycles. The normalized spacial score (nSPS) is 14.5. The van der Waals surface area contributed by atoms with Crippen LogP contribution < -0.4 is 5.32 Å². The summed E-state index contributed by atoms with van der Waals surface area (Å²) in [7, 11) is 0. The van der Waals surface area contributed by atoms with E-state index in [-0.39, 0.29) is 6.04 Å². The molecule has 1 aromatic rings. The van der Waals surface area contributed by atoms with Gasteiger partial charge in [-0.25, -0.2) is 0 Å². The van der Waals surface area contributed by atoms with Crippen molar-refractivity contribution in [2.75, 3.05) is 0 Å². The predicted molar refractivity (Wildman–Crippen MR) is 79.9 cm³/mol. The van der Waals surface area contributed by atoms with Gasteiger partial charge in [0.05, 0.1) is 5.69 Å². The van der Waals surface area contributed by atoms with Gasteiger partial charge in [-0.1, -0.05) is 0 Å². The Labute approximate surface area is 121 Å². The zero-order valence-electron chi connectivity index (χ0n) is 13.2. The van der Waals surface area contributed by atoms with E-state index in [1.165, 1.54) is 0 Å². The highest BCUT2D eigenvalue weighted by Gasteiger charge is 2.32. The molecule has 1 unspecified atom stereocenters. The Hall–Kier alpha value is -1.36. The van der Waals surface area contributed by atoms with Crippen LogP contribution in [-0.4, -0.2) is 32.4 Å². The van der Waals surface area contributed by atoms with Crippen molar-refractivity contribution in [3.8, 4) is 0 Å². The van der Waals surface area contributed by atoms with Crippen LogP contribution >= 0.6 is 0 Å². The maximum atomic E-state index is 11.4. The molecule has 1 aromatic heterocycles. The van der Waals surface area contributed by atoms with Crippen molar-refractivity contribution in [1.82, 2.24) is 15.1 Å². The summed E-state index contributed by atoms with van der Waals surface area (Å²) >= 11 is 0. The van der Waals surface area contributed by atoms with Crippen molar-refractivity contribution in [1.29, 1.82) is 0 Å². The van der Waals surface area contributed by atoms with Crippen LogP contribution in [0.1, 0.15) is 51.4 Å². The number of carboxylic acids is 1. The fraction of sp³-hybridized carbons (Fsp3) is 0.733. The zero-order chi connectivity index (χ0) is 15.3. The van der Waals surface area contributed by atoms with E-state index in [4.69, 9.17) is 0 Å². The second-order valence-corrected chi connectivity index (χ2v) is 6.04. The van der Waals surface area contributed by atoms with E-state index in [2.05, 4.69) is 16.5 Å². The van der Waals surface area contributed by atoms with Crippen LogP contribution in [0.25, 0.3) is 0 Å². The van der Waals surface area contributed by atoms with Gasteiger partial charge in [0.2, 0.25) is 0 Å². The molecule has 5 heteroatoms. The van der Waals surface area contributed by atoms with Gasteiger partial charge in [-0.15, -0.1) is 0 Å². The Morgan fingerprint density at radius 2 is 2.10 bits per heavy atom. The molecule has 1 atom stereocenters. The van der Waals surface area contributed by atoms with E-state index in [1.807, 2.05) is 32.4 Å². The maximum Gasteiger partial charge on any atom is 0.323 e. The van der Waals surface area contributed by atoms with Gasteiger partial charge in [-0.05, 0) is 59.9 Å². The van der Waals surface area contributed by atoms with Crippen LogP contribution in [0.2, 0.25) is 0 Å². The number of carbonyl (C=O) groups is 1. The first-order valence-electron chi connectivity index (χ1n) is 7.27. The second-order valence-electron chi connectivity index (χ2n) is 6.04. The summed E-state index contributed by atoms with van der Waals surface area (Å²) in [6.45, 7) is 10.6. The number of aryl methyl sites for hydroxylation is 3. The molecule has 5 nitrogen and oxygen atoms in total. The first kappa shape index (κ1) is 16.7. The number of hydrogen-bond donors (Lipinski definition) is 2. The van der Waals surface area contributed by atoms with Crippen LogP contribution in [0.4, 0.5) is 0 Å². The molecular formula is C15H27N3O2. The Bertz CT molecular complexity index is 454. The van der Waals surface area contributed by atoms with Crippen molar-refractivity contribution in [3.05, 3.63) is 17.5 Å². The topological polar surface area (TPSA) is 67.2 Å². The van der Waals surface area contributed by atoms with Crippen molar-refractivity contribution >= 4 is 5.97 Å². The first-order valence-corrected chi connectivity index (χ1v) is 7.27. The Morgan fingerprint density at radius 1 is 1.45 bits per heavy atom. The Morgan fingerprint density at radius 3 is 2.55 bits per heavy atom. The summed E-state index contributed by atoms with van der Waals surface area (Å²) in [4.78, 5) is 11.4. The lowest BCUT2D eigenvalue weighted by molar-refractivity contribution is -0.144. The monoisotopic (exact) mass is 281 g/mol. The van der Waals surface area contributed by atoms with Crippen molar-refractivity contribution in [2.24, 2.45) is 0 Å². The minimum absolute atomic E-state index is 0.159. The van der Waals surface area contributed by atoms with Crippen LogP contribution in [0.3, 0.4) is 0 Å². The third kappa shape index (κ3) is 4.63. The number of aromatic nitrogens is 2. The number of nitrogens with zero attached hydrogens (tertiary/aromatic N) is 2. The molecule has 2 N–H and O–H groups in total. The molecule has 20 heavy (non-hydrogen) atoms. The molecule has 0 aromatic carbocycles. The molecule has 0 bridgehead atoms. The highest BCUT2D eigenvalue weighted by Crippen LogP contribution is 2.16. The molecule has 0 saturated carbocycles. The minimum atomic E-state index is -0.844. The molecule has 0 aliphatic heterocycles. The smallest absolute Gasteiger partial charge is 0.323 e. The number of carboxylic acid groups (broad SMARTS) is 1. The lowest BCUT2D eigenvalue weighted by Gasteiger charge is -2.28. The SMILES string of the molecule is Cc1cc(C)n(CCCCC(C)(NC(C)C)C(=O)O)n1. The lowest BCUT2D eigenvalue weighted by Crippen LogP contribution is -2.52. The highest BCUT2D eigenvalue weighted by atomic mass is 16.4. The summed E-state index contributed by atoms with van der Waals surface area (Å²) in [5.41, 5.74) is 1.34. The Kier molecular flexibility index (Phi) is 5.74. The largest absolute Gasteiger partial charge is 0.480 e. The maximum absolute atomic E-state index is 11.4. The Balaban J connectivity index is 2.45. The van der Waals surface area contributed by atoms with Crippen LogP contribution in [0.5, 0.6) is 0 Å². The molecular weight excluding hydrogens is 254 g/mol. The number of unbranched alkanes of at least 4 members (excludes halogenated alkanes) is 1. The van der Waals surface area contributed by atoms with E-state index < -0.39 is 11.5 Å². The molecule has 0 aliphatic rings. The molecule has 1 rings (SSSR count). The third-order valence-electron chi connectivity index (χ3n) is 3.48. The molecule has 0 radical (unpaired) electrons. The van der Waals surface area contributed by atoms with Crippen molar-refractivity contribution < 1.29 is 9.90 Å². The van der Waals surface area contributed by atoms with Gasteiger partial charge in [0.15, 0.2) is 0 Å². The van der Waals surface area contributed by atoms with E-state index in [0.29, 0.717) is 6.42 Å². The minimum Gasteiger partial charge on any atom is -0.480 e. The number of nitrogens with one attached hydrogen (secondary N) is 1. The van der Waals surface area contributed by atoms with Crippen LogP contribution in [0.15, 0.2) is 6.07 Å². The highest BCUT2D eigenvalue weighted by molar-refractivity contribution is 5.78. The second kappa shape index (κ2) is 6.88. The van der Waals surface area contributed by atoms with Crippen LogP contribution in [-0.2, 0) is 11.3 Å². The lowest BCUT2D eigenvalue weighted by atomic mass is 9.94. The molecule has 0 aliphatic carbocycles. The van der Waals surface area contributed by atoms with Gasteiger partial charge in [-0.3, -0.25) is 14.8 Å². The average Bonchev–Trinajstić information content (AvgIpc) is 2.62. The van der Waals surface area contributed by atoms with E-state index >= 15 is 0 Å². The third-order valence-corrected chi connectivity index (χ3v) is 3.48. The van der Waals surface area contributed by atoms with E-state index in [9.17, 15) is 9.90 Å². The fourth-order valence-corrected chi connectivity index (χ4v) is 2.52. The van der Waals surface area contributed by atoms with E-state index in [1.54, 1.807) is 6.92 Å². The number of hydrogen-bond acceptors (Lipinski definition) is 3. The van der Waals surface area contributed by atoms with Gasteiger partial charge in [0, 0.05) is 18.3 Å². The van der Waals surface area contributed by atoms with Gasteiger partial charge in [0.1, 0.15) is 5.54 Å². The van der Waals surface area contributed by atoms with Crippen molar-refractivity contribution in [3.63, 3.8) is 0 Å². The molecule has 0 fully saturated rings. The number of rotatable bonds is 8. The molecule has 114 valence electrons. The van der Waals surface area contributed by atoms with Gasteiger partial charge < -0.3 is 5.11 Å². The quantitative estimate of drug-likeness (QED) is 0.718. The van der Waals surface area contributed by atoms with Gasteiger partial charge >= 0.3 is 5.97 Å². The average molecular weight is 281 g/mol. The van der Waals surface area contributed by atoms with Crippen molar-refractivity contribution in [2.45, 2.75) is 72.0 Å². The zero-order valence-corrected chi connectivity index (χ0v) is 13.2. The van der Waals surface area contributed by atoms with Crippen LogP contribution in [0, 0.1) is 13.8 Å². The summed E-state index contributed by atoms with van der Waals surface area (Å²) in [5, 5.41) is 16.9. The summed E-state index contributed by atoms with van der Waals surface area (Å²) in [6.07, 6.45) is 2.42. The summed E-state index contributed by atoms with van der Waals surface area (Å²) in [6, 6.07) is 2.22. The predicted octanol–water partition coefficient (Wildman–Crippen LogP) is 2.51. The molecule has 0 amide bonds. The number of aliphatic carboxylic acids is 1. The standard InChI is InChI=1S/C15H27N3O2/c1-11(2)16-15(5,14(19)20)8-6-7-9-18-13(4)10-12(3)17-18/h10-11,16H,6-9H2,1-5H3,(H,19,20). The molecule has 1 heterocycles. The first-order chi connectivity index (χ1) is 9.24. The summed E-state index contributed by atoms with van der Waals surface area (Å²) in [5.74, 6) is -0.780. The van der Waals surface area contributed by atoms with Gasteiger partial charge in [-0.2, -0.15) is 5.10 Å². The fourth-order valence-electron chi connectivity index (χ4n) is 2.52.